The van der Waals surface area contributed by atoms with Gasteiger partial charge in [0.2, 0.25) is 0 Å². The minimum absolute atomic E-state index is 0.217. The summed E-state index contributed by atoms with van der Waals surface area (Å²) in [5.74, 6) is 0.552. The van der Waals surface area contributed by atoms with Crippen LogP contribution in [0.4, 0.5) is 4.39 Å². The van der Waals surface area contributed by atoms with Crippen LogP contribution >= 0.6 is 0 Å². The predicted octanol–water partition coefficient (Wildman–Crippen LogP) is 6.56. The molecule has 0 atom stereocenters. The fraction of sp³-hybridized carbons (Fsp3) is 0.484. The second-order valence-electron chi connectivity index (χ2n) is 9.31. The molecule has 2 heterocycles. The largest absolute Gasteiger partial charge is 0.490 e. The van der Waals surface area contributed by atoms with Gasteiger partial charge in [-0.05, 0) is 75.1 Å². The fourth-order valence-electron chi connectivity index (χ4n) is 4.12. The van der Waals surface area contributed by atoms with Crippen molar-refractivity contribution >= 4 is 17.7 Å². The lowest BCUT2D eigenvalue weighted by Crippen LogP contribution is -2.35. The Morgan fingerprint density at radius 2 is 1.74 bits per heavy atom. The number of benzene rings is 1. The van der Waals surface area contributed by atoms with Gasteiger partial charge in [-0.1, -0.05) is 58.9 Å². The maximum Gasteiger partial charge on any atom is 0.123 e. The van der Waals surface area contributed by atoms with Gasteiger partial charge in [0.15, 0.2) is 0 Å². The molecule has 2 aliphatic rings. The summed E-state index contributed by atoms with van der Waals surface area (Å²) in [5.41, 5.74) is 2.57. The lowest BCUT2D eigenvalue weighted by atomic mass is 10.1. The minimum atomic E-state index is -0.217. The Balaban J connectivity index is 0.000000223. The molecule has 0 amide bonds. The van der Waals surface area contributed by atoms with E-state index in [9.17, 15) is 4.39 Å². The van der Waals surface area contributed by atoms with Crippen LogP contribution in [0.5, 0.6) is 5.75 Å². The van der Waals surface area contributed by atoms with Gasteiger partial charge in [0.1, 0.15) is 17.7 Å². The molecule has 1 aliphatic carbocycles. The van der Waals surface area contributed by atoms with E-state index in [1.54, 1.807) is 12.1 Å². The number of fused-ring (bicyclic) bond motifs is 1. The first kappa shape index (κ1) is 28.6. The highest BCUT2D eigenvalue weighted by atomic mass is 19.1. The summed E-state index contributed by atoms with van der Waals surface area (Å²) >= 11 is 0. The van der Waals surface area contributed by atoms with Crippen molar-refractivity contribution in [2.45, 2.75) is 78.9 Å². The Hall–Kier alpha value is -2.59. The first-order valence-electron chi connectivity index (χ1n) is 13.3. The molecule has 0 radical (unpaired) electrons. The molecule has 0 bridgehead atoms. The number of aromatic nitrogens is 1. The summed E-state index contributed by atoms with van der Waals surface area (Å²) in [6.45, 7) is 16.1. The quantitative estimate of drug-likeness (QED) is 0.466. The summed E-state index contributed by atoms with van der Waals surface area (Å²) < 4.78 is 20.8. The highest BCUT2D eigenvalue weighted by Gasteiger charge is 2.17. The molecule has 0 N–H and O–H groups in total. The zero-order valence-electron chi connectivity index (χ0n) is 22.5. The fourth-order valence-corrected chi connectivity index (χ4v) is 4.12. The lowest BCUT2D eigenvalue weighted by molar-refractivity contribution is 0.114. The molecule has 0 saturated carbocycles. The van der Waals surface area contributed by atoms with Crippen LogP contribution < -0.4 is 15.3 Å². The van der Waals surface area contributed by atoms with Crippen LogP contribution in [0.1, 0.15) is 71.8 Å². The first-order chi connectivity index (χ1) is 16.9. The van der Waals surface area contributed by atoms with Crippen molar-refractivity contribution in [1.29, 1.82) is 0 Å². The van der Waals surface area contributed by atoms with Crippen LogP contribution in [-0.4, -0.2) is 35.7 Å². The summed E-state index contributed by atoms with van der Waals surface area (Å²) in [6.07, 6.45) is 18.0. The van der Waals surface area contributed by atoms with Crippen LogP contribution in [0.3, 0.4) is 0 Å². The van der Waals surface area contributed by atoms with Crippen molar-refractivity contribution in [3.63, 3.8) is 0 Å². The smallest absolute Gasteiger partial charge is 0.123 e. The summed E-state index contributed by atoms with van der Waals surface area (Å²) in [4.78, 5) is 2.30. The van der Waals surface area contributed by atoms with Gasteiger partial charge in [-0.25, -0.2) is 4.39 Å². The highest BCUT2D eigenvalue weighted by Crippen LogP contribution is 2.18. The van der Waals surface area contributed by atoms with E-state index in [2.05, 4.69) is 81.3 Å². The van der Waals surface area contributed by atoms with E-state index in [4.69, 9.17) is 4.74 Å². The molecule has 1 aliphatic heterocycles. The normalized spacial score (nSPS) is 15.3. The maximum absolute atomic E-state index is 12.7. The number of aryl methyl sites for hydroxylation is 1. The van der Waals surface area contributed by atoms with Gasteiger partial charge in [-0.3, -0.25) is 0 Å². The Labute approximate surface area is 212 Å². The van der Waals surface area contributed by atoms with E-state index < -0.39 is 0 Å². The predicted molar refractivity (Wildman–Crippen MR) is 149 cm³/mol. The molecular weight excluding hydrogens is 435 g/mol. The van der Waals surface area contributed by atoms with E-state index in [0.717, 1.165) is 57.5 Å². The number of halogens is 1. The van der Waals surface area contributed by atoms with E-state index >= 15 is 0 Å². The number of likely N-dealkylation sites (tertiary alicyclic amines) is 1. The molecule has 0 unspecified atom stereocenters. The molecule has 1 saturated heterocycles. The van der Waals surface area contributed by atoms with E-state index in [-0.39, 0.29) is 11.9 Å². The Morgan fingerprint density at radius 3 is 2.34 bits per heavy atom. The topological polar surface area (TPSA) is 17.4 Å². The minimum Gasteiger partial charge on any atom is -0.490 e. The number of nitrogens with zero attached hydrogens (tertiary/aromatic N) is 2. The van der Waals surface area contributed by atoms with E-state index in [0.29, 0.717) is 0 Å². The molecule has 3 nitrogen and oxygen atoms in total. The second-order valence-corrected chi connectivity index (χ2v) is 9.31. The third kappa shape index (κ3) is 9.18. The third-order valence-corrected chi connectivity index (χ3v) is 6.06. The van der Waals surface area contributed by atoms with E-state index in [1.807, 2.05) is 0 Å². The molecular formula is C31H45FN2O. The molecule has 2 aromatic rings. The number of allylic oxidation sites excluding steroid dienone is 3. The highest BCUT2D eigenvalue weighted by molar-refractivity contribution is 5.65. The van der Waals surface area contributed by atoms with Crippen LogP contribution in [0, 0.1) is 5.82 Å². The number of ether oxygens (including phenoxy) is 1. The van der Waals surface area contributed by atoms with Crippen molar-refractivity contribution in [3.8, 4) is 5.75 Å². The standard InChI is InChI=1S/C16H21N.C12H16FNO.C3H8/c1-4-11-17-12-15(13(3)5-2)14-9-7-6-8-10-16(14)17;1-14-8-6-12(7-9-14)15-11-4-2-10(13)3-5-11;1-3-2/h6,8-10,12H,3-5,7,11H2,1-2H3;2-5,12H,6-9H2,1H3;3H2,1-2H3. The van der Waals surface area contributed by atoms with Crippen molar-refractivity contribution < 1.29 is 9.13 Å². The summed E-state index contributed by atoms with van der Waals surface area (Å²) in [6, 6.07) is 6.25. The van der Waals surface area contributed by atoms with Gasteiger partial charge in [0.25, 0.3) is 0 Å². The molecule has 1 aromatic heterocycles. The molecule has 192 valence electrons. The maximum atomic E-state index is 12.7. The monoisotopic (exact) mass is 480 g/mol. The van der Waals surface area contributed by atoms with Gasteiger partial charge in [0.05, 0.1) is 0 Å². The number of hydrogen-bond acceptors (Lipinski definition) is 2. The van der Waals surface area contributed by atoms with Crippen molar-refractivity contribution in [1.82, 2.24) is 9.47 Å². The molecule has 0 spiro atoms. The third-order valence-electron chi connectivity index (χ3n) is 6.06. The Kier molecular flexibility index (Phi) is 12.6. The van der Waals surface area contributed by atoms with Crippen molar-refractivity contribution in [2.24, 2.45) is 0 Å². The van der Waals surface area contributed by atoms with Crippen LogP contribution in [0.25, 0.3) is 17.7 Å². The lowest BCUT2D eigenvalue weighted by Gasteiger charge is -2.29. The Morgan fingerprint density at radius 1 is 1.09 bits per heavy atom. The van der Waals surface area contributed by atoms with Crippen LogP contribution in [0.2, 0.25) is 0 Å². The van der Waals surface area contributed by atoms with Gasteiger partial charge in [-0.2, -0.15) is 0 Å². The SMILES string of the molecule is C=C(CC)c1cn(CCC)c2c1=CCC=CC=2.CCC.CN1CCC(Oc2ccc(F)cc2)CC1. The van der Waals surface area contributed by atoms with Gasteiger partial charge >= 0.3 is 0 Å². The molecule has 1 aromatic carbocycles. The molecule has 1 fully saturated rings. The molecule has 4 heteroatoms. The van der Waals surface area contributed by atoms with E-state index in [1.165, 1.54) is 40.3 Å². The van der Waals surface area contributed by atoms with Crippen molar-refractivity contribution in [2.75, 3.05) is 20.1 Å². The van der Waals surface area contributed by atoms with Gasteiger partial charge in [-0.15, -0.1) is 0 Å². The molecule has 4 rings (SSSR count). The van der Waals surface area contributed by atoms with Gasteiger partial charge < -0.3 is 14.2 Å². The number of rotatable bonds is 6. The van der Waals surface area contributed by atoms with Crippen molar-refractivity contribution in [3.05, 3.63) is 71.1 Å². The first-order valence-corrected chi connectivity index (χ1v) is 13.3. The zero-order valence-corrected chi connectivity index (χ0v) is 22.5. The number of piperidine rings is 1. The molecule has 35 heavy (non-hydrogen) atoms. The van der Waals surface area contributed by atoms with Crippen LogP contribution in [-0.2, 0) is 6.54 Å². The Bertz CT molecular complexity index is 1040. The second kappa shape index (κ2) is 15.4. The average molecular weight is 481 g/mol. The average Bonchev–Trinajstić information content (AvgIpc) is 3.02. The summed E-state index contributed by atoms with van der Waals surface area (Å²) in [5, 5.41) is 2.71. The number of hydrogen-bond donors (Lipinski definition) is 0. The van der Waals surface area contributed by atoms with Gasteiger partial charge in [0, 0.05) is 42.0 Å². The van der Waals surface area contributed by atoms with Crippen LogP contribution in [0.15, 0.2) is 49.2 Å². The summed E-state index contributed by atoms with van der Waals surface area (Å²) in [7, 11) is 2.12. The zero-order chi connectivity index (χ0) is 25.6.